The molecule has 0 atom stereocenters. The number of hydrogen-bond donors (Lipinski definition) is 0. The van der Waals surface area contributed by atoms with Crippen molar-refractivity contribution in [3.8, 4) is 56.8 Å². The van der Waals surface area contributed by atoms with Gasteiger partial charge in [-0.3, -0.25) is 19.9 Å². The Morgan fingerprint density at radius 1 is 0.462 bits per heavy atom. The lowest BCUT2D eigenvalue weighted by Gasteiger charge is -2.25. The number of rotatable bonds is 5. The molecule has 0 saturated carbocycles. The van der Waals surface area contributed by atoms with Gasteiger partial charge in [-0.1, -0.05) is 60.7 Å². The molecule has 6 heterocycles. The Kier molecular flexibility index (Phi) is 6.73. The highest BCUT2D eigenvalue weighted by atomic mass is 16.3. The van der Waals surface area contributed by atoms with E-state index in [0.29, 0.717) is 39.6 Å². The van der Waals surface area contributed by atoms with Crippen LogP contribution in [0.4, 0.5) is 0 Å². The van der Waals surface area contributed by atoms with E-state index in [1.807, 2.05) is 103 Å². The smallest absolute Gasteiger partial charge is 0.145 e. The van der Waals surface area contributed by atoms with Gasteiger partial charge in [-0.05, 0) is 72.8 Å². The summed E-state index contributed by atoms with van der Waals surface area (Å²) in [6.07, 6.45) is 7.09. The molecule has 0 aliphatic heterocycles. The summed E-state index contributed by atoms with van der Waals surface area (Å²) >= 11 is 0. The summed E-state index contributed by atoms with van der Waals surface area (Å²) in [7, 11) is 0. The second-order valence-electron chi connectivity index (χ2n) is 12.5. The van der Waals surface area contributed by atoms with Crippen LogP contribution >= 0.6 is 0 Å². The van der Waals surface area contributed by atoms with E-state index in [9.17, 15) is 5.26 Å². The molecule has 0 fully saturated rings. The number of fused-ring (bicyclic) bond motifs is 7. The maximum atomic E-state index is 11.5. The van der Waals surface area contributed by atoms with Gasteiger partial charge in [-0.2, -0.15) is 5.26 Å². The van der Waals surface area contributed by atoms with Gasteiger partial charge in [-0.25, -0.2) is 0 Å². The van der Waals surface area contributed by atoms with Crippen molar-refractivity contribution < 1.29 is 4.42 Å². The first kappa shape index (κ1) is 29.5. The average Bonchev–Trinajstić information content (AvgIpc) is 3.77. The number of nitrogens with zero attached hydrogens (tertiary/aromatic N) is 6. The lowest BCUT2D eigenvalue weighted by Crippen LogP contribution is -2.09. The van der Waals surface area contributed by atoms with Gasteiger partial charge < -0.3 is 8.98 Å². The number of benzene rings is 4. The molecule has 52 heavy (non-hydrogen) atoms. The predicted molar refractivity (Wildman–Crippen MR) is 206 cm³/mol. The first-order valence-corrected chi connectivity index (χ1v) is 16.9. The van der Waals surface area contributed by atoms with Crippen LogP contribution in [0.2, 0.25) is 0 Å². The molecule has 0 N–H and O–H groups in total. The molecule has 7 nitrogen and oxygen atoms in total. The van der Waals surface area contributed by atoms with Crippen molar-refractivity contribution in [2.45, 2.75) is 0 Å². The fourth-order valence-corrected chi connectivity index (χ4v) is 7.61. The molecule has 10 aromatic rings. The second-order valence-corrected chi connectivity index (χ2v) is 12.5. The van der Waals surface area contributed by atoms with Crippen LogP contribution in [-0.2, 0) is 0 Å². The topological polar surface area (TPSA) is 93.4 Å². The first-order valence-electron chi connectivity index (χ1n) is 16.9. The molecular weight excluding hydrogens is 641 g/mol. The molecule has 0 aliphatic carbocycles. The number of para-hydroxylation sites is 2. The molecule has 6 aromatic heterocycles. The summed E-state index contributed by atoms with van der Waals surface area (Å²) in [6, 6.07) is 46.6. The minimum Gasteiger partial charge on any atom is -0.455 e. The molecule has 0 radical (unpaired) electrons. The van der Waals surface area contributed by atoms with Gasteiger partial charge in [0.05, 0.1) is 50.4 Å². The number of nitriles is 1. The fraction of sp³-hybridized carbons (Fsp3) is 0. The highest BCUT2D eigenvalue weighted by molar-refractivity contribution is 6.24. The number of aromatic nitrogens is 5. The summed E-state index contributed by atoms with van der Waals surface area (Å²) in [6.45, 7) is 0. The Labute approximate surface area is 297 Å². The molecule has 0 bridgehead atoms. The highest BCUT2D eigenvalue weighted by Crippen LogP contribution is 2.51. The fourth-order valence-electron chi connectivity index (χ4n) is 7.61. The van der Waals surface area contributed by atoms with Crippen LogP contribution < -0.4 is 0 Å². The lowest BCUT2D eigenvalue weighted by molar-refractivity contribution is 0.673. The largest absolute Gasteiger partial charge is 0.455 e. The first-order chi connectivity index (χ1) is 25.8. The molecule has 0 unspecified atom stereocenters. The summed E-state index contributed by atoms with van der Waals surface area (Å²) < 4.78 is 8.83. The Balaban J connectivity index is 1.50. The zero-order chi connectivity index (χ0) is 34.6. The third-order valence-corrected chi connectivity index (χ3v) is 9.67. The van der Waals surface area contributed by atoms with Crippen molar-refractivity contribution in [2.75, 3.05) is 0 Å². The molecule has 242 valence electrons. The third-order valence-electron chi connectivity index (χ3n) is 9.67. The van der Waals surface area contributed by atoms with Crippen molar-refractivity contribution in [3.05, 3.63) is 164 Å². The number of pyridine rings is 4. The van der Waals surface area contributed by atoms with Crippen LogP contribution in [0.1, 0.15) is 5.56 Å². The molecule has 0 saturated heterocycles. The van der Waals surface area contributed by atoms with Crippen LogP contribution in [0.3, 0.4) is 0 Å². The summed E-state index contributed by atoms with van der Waals surface area (Å²) in [5.41, 5.74) is 10.2. The minimum absolute atomic E-state index is 0.437. The maximum absolute atomic E-state index is 11.5. The van der Waals surface area contributed by atoms with E-state index < -0.39 is 0 Å². The predicted octanol–water partition coefficient (Wildman–Crippen LogP) is 10.8. The summed E-state index contributed by atoms with van der Waals surface area (Å²) in [4.78, 5) is 19.6. The van der Waals surface area contributed by atoms with Crippen molar-refractivity contribution in [3.63, 3.8) is 0 Å². The van der Waals surface area contributed by atoms with E-state index in [2.05, 4.69) is 41.0 Å². The summed E-state index contributed by atoms with van der Waals surface area (Å²) in [5, 5.41) is 15.6. The van der Waals surface area contributed by atoms with E-state index in [-0.39, 0.29) is 0 Å². The van der Waals surface area contributed by atoms with Crippen LogP contribution in [0.25, 0.3) is 94.5 Å². The van der Waals surface area contributed by atoms with E-state index in [1.54, 1.807) is 24.8 Å². The molecule has 0 amide bonds. The molecule has 10 rings (SSSR count). The van der Waals surface area contributed by atoms with Crippen LogP contribution in [0, 0.1) is 11.3 Å². The molecular formula is C45H26N6O. The molecule has 0 spiro atoms. The molecule has 4 aromatic carbocycles. The van der Waals surface area contributed by atoms with Crippen molar-refractivity contribution in [1.29, 1.82) is 5.26 Å². The normalized spacial score (nSPS) is 11.4. The van der Waals surface area contributed by atoms with Gasteiger partial charge in [0, 0.05) is 63.2 Å². The van der Waals surface area contributed by atoms with Crippen LogP contribution in [0.5, 0.6) is 0 Å². The van der Waals surface area contributed by atoms with Crippen LogP contribution in [-0.4, -0.2) is 24.5 Å². The Bertz CT molecular complexity index is 3000. The third kappa shape index (κ3) is 4.38. The average molecular weight is 667 g/mol. The molecule has 7 heteroatoms. The van der Waals surface area contributed by atoms with E-state index in [4.69, 9.17) is 24.4 Å². The monoisotopic (exact) mass is 666 g/mol. The number of furan rings is 1. The SMILES string of the molecule is N#Cc1c(-c2ccccn2)c(-c2ccccn2)c(-c2ccccn2)c(-c2ccccn2)c1-n1c2ccccc2c2c3oc4ccccc4c3ccc21. The zero-order valence-electron chi connectivity index (χ0n) is 27.6. The Morgan fingerprint density at radius 2 is 0.981 bits per heavy atom. The second kappa shape index (κ2) is 11.9. The van der Waals surface area contributed by atoms with Gasteiger partial charge in [0.2, 0.25) is 0 Å². The van der Waals surface area contributed by atoms with Crippen molar-refractivity contribution >= 4 is 43.7 Å². The van der Waals surface area contributed by atoms with Gasteiger partial charge >= 0.3 is 0 Å². The van der Waals surface area contributed by atoms with Gasteiger partial charge in [0.15, 0.2) is 0 Å². The van der Waals surface area contributed by atoms with Gasteiger partial charge in [-0.15, -0.1) is 0 Å². The van der Waals surface area contributed by atoms with E-state index in [1.165, 1.54) is 0 Å². The standard InChI is InChI=1S/C45H26N6O/c46-27-31-39(32-15-5-9-23-47-32)41(33-16-6-10-24-48-33)42(34-17-7-11-25-49-34)43(35-18-8-12-26-50-35)44(31)51-36-19-3-1-14-30(36)40-37(51)22-21-29-28-13-2-4-20-38(28)52-45(29)40/h1-26H. The van der Waals surface area contributed by atoms with E-state index in [0.717, 1.165) is 60.4 Å². The zero-order valence-corrected chi connectivity index (χ0v) is 27.6. The van der Waals surface area contributed by atoms with Gasteiger partial charge in [0.25, 0.3) is 0 Å². The summed E-state index contributed by atoms with van der Waals surface area (Å²) in [5.74, 6) is 0. The number of hydrogen-bond acceptors (Lipinski definition) is 6. The quantitative estimate of drug-likeness (QED) is 0.181. The van der Waals surface area contributed by atoms with E-state index >= 15 is 0 Å². The van der Waals surface area contributed by atoms with Crippen molar-refractivity contribution in [1.82, 2.24) is 24.5 Å². The lowest BCUT2D eigenvalue weighted by atomic mass is 9.83. The van der Waals surface area contributed by atoms with Gasteiger partial charge in [0.1, 0.15) is 17.2 Å². The molecule has 0 aliphatic rings. The van der Waals surface area contributed by atoms with Crippen molar-refractivity contribution in [2.24, 2.45) is 0 Å². The minimum atomic E-state index is 0.437. The Hall–Kier alpha value is -7.43. The van der Waals surface area contributed by atoms with Crippen LogP contribution in [0.15, 0.2) is 163 Å². The highest BCUT2D eigenvalue weighted by Gasteiger charge is 2.32. The Morgan fingerprint density at radius 3 is 1.58 bits per heavy atom. The maximum Gasteiger partial charge on any atom is 0.145 e.